The molecule has 2 aromatic carbocycles. The molecular formula is C18H18N2O2. The number of H-pyrrole nitrogens is 1. The van der Waals surface area contributed by atoms with E-state index in [0.717, 1.165) is 35.7 Å². The number of rotatable bonds is 3. The molecule has 0 saturated carbocycles. The van der Waals surface area contributed by atoms with Gasteiger partial charge in [-0.15, -0.1) is 0 Å². The highest BCUT2D eigenvalue weighted by atomic mass is 16.5. The van der Waals surface area contributed by atoms with Crippen molar-refractivity contribution in [3.05, 3.63) is 48.2 Å². The van der Waals surface area contributed by atoms with Crippen LogP contribution in [-0.2, 0) is 4.74 Å². The first-order valence-corrected chi connectivity index (χ1v) is 7.71. The highest BCUT2D eigenvalue weighted by molar-refractivity contribution is 6.09. The fraction of sp³-hybridized carbons (Fsp3) is 0.278. The van der Waals surface area contributed by atoms with Gasteiger partial charge >= 0.3 is 0 Å². The summed E-state index contributed by atoms with van der Waals surface area (Å²) in [7, 11) is 0. The van der Waals surface area contributed by atoms with Gasteiger partial charge in [-0.25, -0.2) is 0 Å². The van der Waals surface area contributed by atoms with Gasteiger partial charge in [0.25, 0.3) is 5.91 Å². The first kappa shape index (κ1) is 13.3. The molecule has 1 atom stereocenters. The van der Waals surface area contributed by atoms with Crippen LogP contribution in [0.25, 0.3) is 21.7 Å². The van der Waals surface area contributed by atoms with Crippen molar-refractivity contribution in [1.82, 2.24) is 10.3 Å². The highest BCUT2D eigenvalue weighted by Gasteiger charge is 2.17. The van der Waals surface area contributed by atoms with E-state index in [1.807, 2.05) is 24.3 Å². The van der Waals surface area contributed by atoms with Crippen LogP contribution in [-0.4, -0.2) is 30.1 Å². The molecule has 2 N–H and O–H groups in total. The second-order valence-corrected chi connectivity index (χ2v) is 5.78. The van der Waals surface area contributed by atoms with Crippen molar-refractivity contribution in [2.24, 2.45) is 0 Å². The minimum Gasteiger partial charge on any atom is -0.376 e. The van der Waals surface area contributed by atoms with Gasteiger partial charge < -0.3 is 15.0 Å². The number of carbonyl (C=O) groups excluding carboxylic acids is 1. The topological polar surface area (TPSA) is 54.1 Å². The average Bonchev–Trinajstić information content (AvgIpc) is 3.21. The zero-order valence-electron chi connectivity index (χ0n) is 12.3. The summed E-state index contributed by atoms with van der Waals surface area (Å²) in [4.78, 5) is 15.5. The first-order valence-electron chi connectivity index (χ1n) is 7.71. The Hall–Kier alpha value is -2.33. The van der Waals surface area contributed by atoms with Gasteiger partial charge in [0.15, 0.2) is 0 Å². The molecule has 22 heavy (non-hydrogen) atoms. The maximum Gasteiger partial charge on any atom is 0.267 e. The molecule has 0 unspecified atom stereocenters. The Bertz CT molecular complexity index is 831. The first-order chi connectivity index (χ1) is 10.8. The minimum atomic E-state index is -0.0734. The van der Waals surface area contributed by atoms with Crippen LogP contribution >= 0.6 is 0 Å². The second-order valence-electron chi connectivity index (χ2n) is 5.78. The lowest BCUT2D eigenvalue weighted by Crippen LogP contribution is -2.31. The van der Waals surface area contributed by atoms with E-state index in [1.165, 1.54) is 5.39 Å². The Kier molecular flexibility index (Phi) is 3.31. The van der Waals surface area contributed by atoms with Crippen LogP contribution in [0.5, 0.6) is 0 Å². The Morgan fingerprint density at radius 1 is 1.23 bits per heavy atom. The summed E-state index contributed by atoms with van der Waals surface area (Å²) < 4.78 is 5.53. The van der Waals surface area contributed by atoms with Crippen molar-refractivity contribution in [1.29, 1.82) is 0 Å². The zero-order valence-corrected chi connectivity index (χ0v) is 12.3. The van der Waals surface area contributed by atoms with E-state index >= 15 is 0 Å². The molecule has 1 aliphatic heterocycles. The molecule has 3 aromatic rings. The van der Waals surface area contributed by atoms with Crippen LogP contribution in [0, 0.1) is 0 Å². The molecule has 4 rings (SSSR count). The Labute approximate surface area is 128 Å². The van der Waals surface area contributed by atoms with Gasteiger partial charge in [0.2, 0.25) is 0 Å². The molecule has 4 heteroatoms. The number of fused-ring (bicyclic) bond motifs is 3. The molecule has 0 aliphatic carbocycles. The maximum absolute atomic E-state index is 12.3. The predicted octanol–water partition coefficient (Wildman–Crippen LogP) is 3.23. The van der Waals surface area contributed by atoms with Gasteiger partial charge in [0.1, 0.15) is 5.69 Å². The normalized spacial score (nSPS) is 18.1. The summed E-state index contributed by atoms with van der Waals surface area (Å²) in [6.07, 6.45) is 2.27. The van der Waals surface area contributed by atoms with Crippen LogP contribution in [0.3, 0.4) is 0 Å². The quantitative estimate of drug-likeness (QED) is 0.779. The van der Waals surface area contributed by atoms with E-state index in [-0.39, 0.29) is 12.0 Å². The fourth-order valence-electron chi connectivity index (χ4n) is 3.12. The van der Waals surface area contributed by atoms with Gasteiger partial charge in [-0.1, -0.05) is 30.3 Å². The van der Waals surface area contributed by atoms with E-state index in [9.17, 15) is 4.79 Å². The summed E-state index contributed by atoms with van der Waals surface area (Å²) >= 11 is 0. The number of ether oxygens (including phenoxy) is 1. The number of hydrogen-bond acceptors (Lipinski definition) is 2. The number of nitrogens with one attached hydrogen (secondary N) is 2. The molecule has 1 aliphatic rings. The molecule has 1 aromatic heterocycles. The molecule has 4 nitrogen and oxygen atoms in total. The predicted molar refractivity (Wildman–Crippen MR) is 87.1 cm³/mol. The molecule has 0 spiro atoms. The van der Waals surface area contributed by atoms with Gasteiger partial charge in [-0.2, -0.15) is 0 Å². The standard InChI is InChI=1S/C18H18N2O2/c21-18(19-11-13-5-3-9-22-13)17-10-15-14-6-2-1-4-12(14)7-8-16(15)20-17/h1-2,4,6-8,10,13,20H,3,5,9,11H2,(H,19,21)/t13-/m1/s1. The minimum absolute atomic E-state index is 0.0734. The number of hydrogen-bond donors (Lipinski definition) is 2. The molecule has 0 radical (unpaired) electrons. The van der Waals surface area contributed by atoms with E-state index in [0.29, 0.717) is 12.2 Å². The number of aromatic amines is 1. The Morgan fingerprint density at radius 2 is 2.14 bits per heavy atom. The second kappa shape index (κ2) is 5.46. The third-order valence-corrected chi connectivity index (χ3v) is 4.29. The lowest BCUT2D eigenvalue weighted by Gasteiger charge is -2.09. The smallest absolute Gasteiger partial charge is 0.267 e. The largest absolute Gasteiger partial charge is 0.376 e. The van der Waals surface area contributed by atoms with E-state index in [2.05, 4.69) is 28.5 Å². The maximum atomic E-state index is 12.3. The van der Waals surface area contributed by atoms with Crippen LogP contribution < -0.4 is 5.32 Å². The van der Waals surface area contributed by atoms with Crippen molar-refractivity contribution >= 4 is 27.6 Å². The monoisotopic (exact) mass is 294 g/mol. The number of carbonyl (C=O) groups is 1. The molecular weight excluding hydrogens is 276 g/mol. The van der Waals surface area contributed by atoms with Crippen molar-refractivity contribution in [3.8, 4) is 0 Å². The van der Waals surface area contributed by atoms with E-state index in [1.54, 1.807) is 0 Å². The van der Waals surface area contributed by atoms with E-state index < -0.39 is 0 Å². The lowest BCUT2D eigenvalue weighted by molar-refractivity contribution is 0.0854. The summed E-state index contributed by atoms with van der Waals surface area (Å²) in [5.41, 5.74) is 1.59. The molecule has 1 fully saturated rings. The average molecular weight is 294 g/mol. The number of amides is 1. The van der Waals surface area contributed by atoms with Gasteiger partial charge in [0, 0.05) is 24.1 Å². The summed E-state index contributed by atoms with van der Waals surface area (Å²) in [6, 6.07) is 14.2. The third kappa shape index (κ3) is 2.35. The molecule has 1 amide bonds. The van der Waals surface area contributed by atoms with Crippen molar-refractivity contribution < 1.29 is 9.53 Å². The van der Waals surface area contributed by atoms with Crippen molar-refractivity contribution in [2.75, 3.05) is 13.2 Å². The number of aromatic nitrogens is 1. The van der Waals surface area contributed by atoms with E-state index in [4.69, 9.17) is 4.74 Å². The van der Waals surface area contributed by atoms with Crippen molar-refractivity contribution in [2.45, 2.75) is 18.9 Å². The summed E-state index contributed by atoms with van der Waals surface area (Å²) in [5, 5.41) is 6.38. The molecule has 0 bridgehead atoms. The zero-order chi connectivity index (χ0) is 14.9. The summed E-state index contributed by atoms with van der Waals surface area (Å²) in [6.45, 7) is 1.38. The van der Waals surface area contributed by atoms with Crippen molar-refractivity contribution in [3.63, 3.8) is 0 Å². The van der Waals surface area contributed by atoms with Gasteiger partial charge in [-0.3, -0.25) is 4.79 Å². The fourth-order valence-corrected chi connectivity index (χ4v) is 3.12. The third-order valence-electron chi connectivity index (χ3n) is 4.29. The number of benzene rings is 2. The molecule has 1 saturated heterocycles. The van der Waals surface area contributed by atoms with Gasteiger partial charge in [-0.05, 0) is 35.7 Å². The van der Waals surface area contributed by atoms with Crippen LogP contribution in [0.15, 0.2) is 42.5 Å². The molecule has 112 valence electrons. The summed E-state index contributed by atoms with van der Waals surface area (Å²) in [5.74, 6) is -0.0734. The molecule has 2 heterocycles. The Morgan fingerprint density at radius 3 is 3.00 bits per heavy atom. The van der Waals surface area contributed by atoms with Crippen LogP contribution in [0.2, 0.25) is 0 Å². The highest BCUT2D eigenvalue weighted by Crippen LogP contribution is 2.25. The van der Waals surface area contributed by atoms with Gasteiger partial charge in [0.05, 0.1) is 6.10 Å². The Balaban J connectivity index is 1.61. The SMILES string of the molecule is O=C(NC[C@H]1CCCO1)c1cc2c(ccc3ccccc32)[nH]1. The van der Waals surface area contributed by atoms with Crippen LogP contribution in [0.1, 0.15) is 23.3 Å². The lowest BCUT2D eigenvalue weighted by atomic mass is 10.1. The van der Waals surface area contributed by atoms with Crippen LogP contribution in [0.4, 0.5) is 0 Å².